The molecule has 3 N–H and O–H groups in total. The Morgan fingerprint density at radius 3 is 2.40 bits per heavy atom. The van der Waals surface area contributed by atoms with Gasteiger partial charge in [-0.3, -0.25) is 9.20 Å². The van der Waals surface area contributed by atoms with Crippen molar-refractivity contribution in [3.05, 3.63) is 83.8 Å². The third-order valence-electron chi connectivity index (χ3n) is 4.49. The summed E-state index contributed by atoms with van der Waals surface area (Å²) in [7, 11) is -3.77. The molecule has 0 bridgehead atoms. The Morgan fingerprint density at radius 1 is 1.03 bits per heavy atom. The van der Waals surface area contributed by atoms with Crippen molar-refractivity contribution in [1.82, 2.24) is 19.9 Å². The maximum Gasteiger partial charge on any atom is 0.255 e. The number of fused-ring (bicyclic) bond motifs is 1. The molecule has 30 heavy (non-hydrogen) atoms. The maximum atomic E-state index is 13.2. The van der Waals surface area contributed by atoms with Gasteiger partial charge in [0, 0.05) is 18.3 Å². The van der Waals surface area contributed by atoms with E-state index >= 15 is 0 Å². The summed E-state index contributed by atoms with van der Waals surface area (Å²) in [6.07, 6.45) is 1.72. The summed E-state index contributed by atoms with van der Waals surface area (Å²) < 4.78 is 37.5. The van der Waals surface area contributed by atoms with Gasteiger partial charge in [-0.2, -0.15) is 0 Å². The molecule has 0 saturated heterocycles. The van der Waals surface area contributed by atoms with Crippen LogP contribution in [0.3, 0.4) is 0 Å². The minimum absolute atomic E-state index is 0.000808. The molecule has 0 unspecified atom stereocenters. The largest absolute Gasteiger partial charge is 0.348 e. The Kier molecular flexibility index (Phi) is 5.02. The number of benzene rings is 2. The number of aromatic nitrogens is 3. The van der Waals surface area contributed by atoms with Crippen LogP contribution in [0.5, 0.6) is 0 Å². The number of nitrogens with zero attached hydrogens (tertiary/aromatic N) is 3. The van der Waals surface area contributed by atoms with E-state index in [1.54, 1.807) is 47.0 Å². The van der Waals surface area contributed by atoms with Gasteiger partial charge in [-0.05, 0) is 54.1 Å². The zero-order valence-corrected chi connectivity index (χ0v) is 16.3. The van der Waals surface area contributed by atoms with Gasteiger partial charge in [0.25, 0.3) is 5.91 Å². The molecule has 1 amide bonds. The van der Waals surface area contributed by atoms with E-state index < -0.39 is 10.0 Å². The second-order valence-corrected chi connectivity index (χ2v) is 8.08. The highest BCUT2D eigenvalue weighted by Crippen LogP contribution is 2.20. The van der Waals surface area contributed by atoms with Crippen molar-refractivity contribution >= 4 is 21.6 Å². The van der Waals surface area contributed by atoms with E-state index in [0.717, 1.165) is 0 Å². The number of hydrogen-bond donors (Lipinski definition) is 2. The van der Waals surface area contributed by atoms with E-state index in [2.05, 4.69) is 15.5 Å². The van der Waals surface area contributed by atoms with Gasteiger partial charge in [-0.1, -0.05) is 12.1 Å². The molecule has 2 aromatic carbocycles. The van der Waals surface area contributed by atoms with Crippen LogP contribution < -0.4 is 10.5 Å². The molecular weight excluding hydrogens is 409 g/mol. The van der Waals surface area contributed by atoms with E-state index in [-0.39, 0.29) is 23.2 Å². The standard InChI is InChI=1S/C20H16FN5O3S/c21-15-7-5-14(6-8-15)18-24-25-19-17(2-1-11-26(18)19)20(27)23-12-13-3-9-16(10-4-13)30(22,28)29/h1-11H,12H2,(H,23,27)(H2,22,28,29). The number of nitrogens with one attached hydrogen (secondary N) is 1. The van der Waals surface area contributed by atoms with Crippen LogP contribution in [0.4, 0.5) is 4.39 Å². The second-order valence-electron chi connectivity index (χ2n) is 6.52. The molecule has 0 aliphatic rings. The highest BCUT2D eigenvalue weighted by molar-refractivity contribution is 7.89. The van der Waals surface area contributed by atoms with E-state index in [1.807, 2.05) is 0 Å². The molecular formula is C20H16FN5O3S. The van der Waals surface area contributed by atoms with Crippen molar-refractivity contribution in [3.63, 3.8) is 0 Å². The van der Waals surface area contributed by atoms with Crippen LogP contribution in [0.15, 0.2) is 71.8 Å². The van der Waals surface area contributed by atoms with Crippen molar-refractivity contribution in [2.45, 2.75) is 11.4 Å². The Balaban J connectivity index is 1.56. The van der Waals surface area contributed by atoms with Crippen molar-refractivity contribution in [2.75, 3.05) is 0 Å². The summed E-state index contributed by atoms with van der Waals surface area (Å²) in [5.74, 6) is -0.239. The fourth-order valence-corrected chi connectivity index (χ4v) is 3.48. The lowest BCUT2D eigenvalue weighted by Gasteiger charge is -2.07. The predicted octanol–water partition coefficient (Wildman–Crippen LogP) is 2.11. The zero-order valence-electron chi connectivity index (χ0n) is 15.5. The molecule has 2 aromatic heterocycles. The lowest BCUT2D eigenvalue weighted by atomic mass is 10.2. The molecule has 4 aromatic rings. The van der Waals surface area contributed by atoms with Gasteiger partial charge in [0.2, 0.25) is 10.0 Å². The number of hydrogen-bond acceptors (Lipinski definition) is 5. The van der Waals surface area contributed by atoms with Crippen molar-refractivity contribution < 1.29 is 17.6 Å². The average molecular weight is 425 g/mol. The molecule has 0 saturated carbocycles. The summed E-state index contributed by atoms with van der Waals surface area (Å²) in [5.41, 5.74) is 2.05. The third-order valence-corrected chi connectivity index (χ3v) is 5.42. The van der Waals surface area contributed by atoms with Crippen LogP contribution in [0, 0.1) is 5.82 Å². The van der Waals surface area contributed by atoms with E-state index in [0.29, 0.717) is 28.2 Å². The Bertz CT molecular complexity index is 1330. The van der Waals surface area contributed by atoms with Crippen LogP contribution in [0.2, 0.25) is 0 Å². The summed E-state index contributed by atoms with van der Waals surface area (Å²) in [6, 6.07) is 15.1. The second kappa shape index (κ2) is 7.65. The van der Waals surface area contributed by atoms with Gasteiger partial charge in [0.15, 0.2) is 11.5 Å². The summed E-state index contributed by atoms with van der Waals surface area (Å²) in [6.45, 7) is 0.184. The monoisotopic (exact) mass is 425 g/mol. The van der Waals surface area contributed by atoms with Crippen LogP contribution in [0.1, 0.15) is 15.9 Å². The van der Waals surface area contributed by atoms with Gasteiger partial charge in [0.1, 0.15) is 5.82 Å². The number of nitrogens with two attached hydrogens (primary N) is 1. The van der Waals surface area contributed by atoms with Crippen LogP contribution in [0.25, 0.3) is 17.0 Å². The topological polar surface area (TPSA) is 119 Å². The number of primary sulfonamides is 1. The first-order chi connectivity index (χ1) is 14.3. The first kappa shape index (κ1) is 19.7. The smallest absolute Gasteiger partial charge is 0.255 e. The van der Waals surface area contributed by atoms with Gasteiger partial charge in [-0.15, -0.1) is 10.2 Å². The normalized spacial score (nSPS) is 11.5. The minimum atomic E-state index is -3.77. The maximum absolute atomic E-state index is 13.2. The number of carbonyl (C=O) groups excluding carboxylic acids is 1. The van der Waals surface area contributed by atoms with E-state index in [9.17, 15) is 17.6 Å². The number of carbonyl (C=O) groups is 1. The van der Waals surface area contributed by atoms with Gasteiger partial charge in [-0.25, -0.2) is 17.9 Å². The Morgan fingerprint density at radius 2 is 1.73 bits per heavy atom. The van der Waals surface area contributed by atoms with Crippen molar-refractivity contribution in [3.8, 4) is 11.4 Å². The van der Waals surface area contributed by atoms with Gasteiger partial charge >= 0.3 is 0 Å². The number of amides is 1. The quantitative estimate of drug-likeness (QED) is 0.508. The molecule has 152 valence electrons. The minimum Gasteiger partial charge on any atom is -0.348 e. The summed E-state index contributed by atoms with van der Waals surface area (Å²) in [4.78, 5) is 12.7. The average Bonchev–Trinajstić information content (AvgIpc) is 3.16. The van der Waals surface area contributed by atoms with Crippen LogP contribution >= 0.6 is 0 Å². The van der Waals surface area contributed by atoms with Gasteiger partial charge < -0.3 is 5.32 Å². The molecule has 10 heteroatoms. The lowest BCUT2D eigenvalue weighted by molar-refractivity contribution is 0.0952. The predicted molar refractivity (Wildman–Crippen MR) is 107 cm³/mol. The fourth-order valence-electron chi connectivity index (χ4n) is 2.96. The Labute approximate surface area is 171 Å². The molecule has 2 heterocycles. The highest BCUT2D eigenvalue weighted by atomic mass is 32.2. The van der Waals surface area contributed by atoms with Crippen LogP contribution in [-0.2, 0) is 16.6 Å². The SMILES string of the molecule is NS(=O)(=O)c1ccc(CNC(=O)c2cccn3c(-c4ccc(F)cc4)nnc23)cc1. The third kappa shape index (κ3) is 3.91. The molecule has 0 aliphatic carbocycles. The van der Waals surface area contributed by atoms with Gasteiger partial charge in [0.05, 0.1) is 10.5 Å². The highest BCUT2D eigenvalue weighted by Gasteiger charge is 2.16. The van der Waals surface area contributed by atoms with Crippen LogP contribution in [-0.4, -0.2) is 28.9 Å². The fraction of sp³-hybridized carbons (Fsp3) is 0.0500. The molecule has 0 spiro atoms. The molecule has 0 aliphatic heterocycles. The molecule has 0 radical (unpaired) electrons. The number of pyridine rings is 1. The van der Waals surface area contributed by atoms with E-state index in [4.69, 9.17) is 5.14 Å². The lowest BCUT2D eigenvalue weighted by Crippen LogP contribution is -2.23. The molecule has 8 nitrogen and oxygen atoms in total. The number of rotatable bonds is 5. The molecule has 4 rings (SSSR count). The van der Waals surface area contributed by atoms with E-state index in [1.165, 1.54) is 24.3 Å². The summed E-state index contributed by atoms with van der Waals surface area (Å²) >= 11 is 0. The first-order valence-electron chi connectivity index (χ1n) is 8.82. The molecule has 0 atom stereocenters. The Hall–Kier alpha value is -3.63. The van der Waals surface area contributed by atoms with Crippen molar-refractivity contribution in [2.24, 2.45) is 5.14 Å². The van der Waals surface area contributed by atoms with Crippen molar-refractivity contribution in [1.29, 1.82) is 0 Å². The molecule has 0 fully saturated rings. The number of sulfonamides is 1. The number of halogens is 1. The zero-order chi connectivity index (χ0) is 21.3. The first-order valence-corrected chi connectivity index (χ1v) is 10.4. The summed E-state index contributed by atoms with van der Waals surface area (Å²) in [5, 5.41) is 16.1.